The van der Waals surface area contributed by atoms with Gasteiger partial charge >= 0.3 is 0 Å². The summed E-state index contributed by atoms with van der Waals surface area (Å²) in [6.45, 7) is 0.784. The lowest BCUT2D eigenvalue weighted by atomic mass is 9.80. The second kappa shape index (κ2) is 5.06. The zero-order valence-electron chi connectivity index (χ0n) is 13.5. The Labute approximate surface area is 139 Å². The Morgan fingerprint density at radius 2 is 2.33 bits per heavy atom. The minimum absolute atomic E-state index is 0.0860. The summed E-state index contributed by atoms with van der Waals surface area (Å²) < 4.78 is 5.60. The van der Waals surface area contributed by atoms with Crippen molar-refractivity contribution in [3.8, 4) is 0 Å². The first kappa shape index (κ1) is 14.0. The van der Waals surface area contributed by atoms with Crippen molar-refractivity contribution in [2.45, 2.75) is 25.0 Å². The van der Waals surface area contributed by atoms with Gasteiger partial charge in [-0.3, -0.25) is 4.90 Å². The lowest BCUT2D eigenvalue weighted by Gasteiger charge is -2.39. The second-order valence-corrected chi connectivity index (χ2v) is 6.77. The summed E-state index contributed by atoms with van der Waals surface area (Å²) in [6.07, 6.45) is 7.03. The van der Waals surface area contributed by atoms with E-state index in [1.165, 1.54) is 27.6 Å². The van der Waals surface area contributed by atoms with Gasteiger partial charge in [0, 0.05) is 29.7 Å². The highest BCUT2D eigenvalue weighted by atomic mass is 16.3. The number of aromatic amines is 1. The van der Waals surface area contributed by atoms with E-state index in [0.717, 1.165) is 13.0 Å². The number of nitrogens with one attached hydrogen (secondary N) is 1. The predicted octanol–water partition coefficient (Wildman–Crippen LogP) is 2.69. The van der Waals surface area contributed by atoms with E-state index in [2.05, 4.69) is 52.4 Å². The van der Waals surface area contributed by atoms with Crippen LogP contribution in [0.25, 0.3) is 16.5 Å². The molecule has 2 N–H and O–H groups in total. The van der Waals surface area contributed by atoms with Crippen molar-refractivity contribution < 1.29 is 9.52 Å². The number of nitrogens with zero attached hydrogens (tertiary/aromatic N) is 2. The Morgan fingerprint density at radius 3 is 3.17 bits per heavy atom. The molecule has 0 saturated carbocycles. The Balaban J connectivity index is 1.65. The maximum atomic E-state index is 9.22. The van der Waals surface area contributed by atoms with Crippen molar-refractivity contribution in [2.75, 3.05) is 13.6 Å². The van der Waals surface area contributed by atoms with Crippen LogP contribution in [0.5, 0.6) is 0 Å². The molecule has 5 heteroatoms. The number of likely N-dealkylation sites (N-methyl/N-ethyl adjacent to an activating group) is 1. The number of aromatic nitrogens is 2. The van der Waals surface area contributed by atoms with Gasteiger partial charge in [-0.1, -0.05) is 18.2 Å². The Kier molecular flexibility index (Phi) is 2.96. The fourth-order valence-electron chi connectivity index (χ4n) is 4.17. The van der Waals surface area contributed by atoms with Crippen molar-refractivity contribution >= 4 is 16.5 Å². The van der Waals surface area contributed by atoms with Crippen molar-refractivity contribution in [2.24, 2.45) is 0 Å². The first-order valence-electron chi connectivity index (χ1n) is 8.31. The van der Waals surface area contributed by atoms with Crippen molar-refractivity contribution in [1.29, 1.82) is 0 Å². The van der Waals surface area contributed by atoms with Gasteiger partial charge in [0.25, 0.3) is 0 Å². The largest absolute Gasteiger partial charge is 0.448 e. The molecule has 24 heavy (non-hydrogen) atoms. The third-order valence-electron chi connectivity index (χ3n) is 5.32. The molecule has 1 aromatic carbocycles. The average Bonchev–Trinajstić information content (AvgIpc) is 3.24. The second-order valence-electron chi connectivity index (χ2n) is 6.77. The van der Waals surface area contributed by atoms with E-state index in [9.17, 15) is 5.11 Å². The van der Waals surface area contributed by atoms with E-state index in [-0.39, 0.29) is 12.5 Å². The van der Waals surface area contributed by atoms with E-state index in [1.54, 1.807) is 6.26 Å². The van der Waals surface area contributed by atoms with Crippen LogP contribution in [0, 0.1) is 0 Å². The van der Waals surface area contributed by atoms with Crippen LogP contribution in [0.1, 0.15) is 28.6 Å². The highest BCUT2D eigenvalue weighted by Gasteiger charge is 2.35. The van der Waals surface area contributed by atoms with Gasteiger partial charge < -0.3 is 14.5 Å². The summed E-state index contributed by atoms with van der Waals surface area (Å²) in [5.41, 5.74) is 5.85. The number of rotatable bonds is 2. The number of benzene rings is 1. The van der Waals surface area contributed by atoms with Crippen LogP contribution in [0.15, 0.2) is 41.2 Å². The number of hydrogen-bond acceptors (Lipinski definition) is 4. The molecule has 2 unspecified atom stereocenters. The molecule has 5 nitrogen and oxygen atoms in total. The van der Waals surface area contributed by atoms with Crippen LogP contribution in [-0.4, -0.2) is 39.6 Å². The van der Waals surface area contributed by atoms with Gasteiger partial charge in [0.15, 0.2) is 0 Å². The van der Waals surface area contributed by atoms with Gasteiger partial charge in [0.1, 0.15) is 12.0 Å². The lowest BCUT2D eigenvalue weighted by molar-refractivity contribution is 0.255. The van der Waals surface area contributed by atoms with E-state index in [1.807, 2.05) is 0 Å². The molecule has 3 heterocycles. The number of aliphatic hydroxyl groups is 1. The number of fused-ring (bicyclic) bond motifs is 2. The normalized spacial score (nSPS) is 23.3. The molecule has 2 aromatic heterocycles. The van der Waals surface area contributed by atoms with Gasteiger partial charge in [0.2, 0.25) is 5.89 Å². The number of aliphatic hydroxyl groups excluding tert-OH is 1. The quantitative estimate of drug-likeness (QED) is 0.762. The van der Waals surface area contributed by atoms with Gasteiger partial charge in [0.05, 0.1) is 12.5 Å². The van der Waals surface area contributed by atoms with E-state index >= 15 is 0 Å². The fourth-order valence-corrected chi connectivity index (χ4v) is 4.17. The summed E-state index contributed by atoms with van der Waals surface area (Å²) in [5.74, 6) is 0.793. The first-order valence-corrected chi connectivity index (χ1v) is 8.31. The molecule has 2 atom stereocenters. The van der Waals surface area contributed by atoms with Crippen LogP contribution in [-0.2, 0) is 13.0 Å². The van der Waals surface area contributed by atoms with E-state index < -0.39 is 0 Å². The maximum absolute atomic E-state index is 9.22. The monoisotopic (exact) mass is 321 g/mol. The topological polar surface area (TPSA) is 65.3 Å². The van der Waals surface area contributed by atoms with Crippen LogP contribution in [0.2, 0.25) is 0 Å². The van der Waals surface area contributed by atoms with Crippen LogP contribution in [0.4, 0.5) is 0 Å². The number of oxazole rings is 1. The van der Waals surface area contributed by atoms with E-state index in [0.29, 0.717) is 17.6 Å². The number of hydrogen-bond donors (Lipinski definition) is 2. The molecule has 1 aliphatic carbocycles. The molecule has 3 aromatic rings. The van der Waals surface area contributed by atoms with E-state index in [4.69, 9.17) is 4.42 Å². The van der Waals surface area contributed by atoms with Gasteiger partial charge in [-0.05, 0) is 36.2 Å². The molecule has 0 spiro atoms. The lowest BCUT2D eigenvalue weighted by Crippen LogP contribution is -2.41. The third kappa shape index (κ3) is 1.92. The Hall–Kier alpha value is -2.37. The number of H-pyrrole nitrogens is 1. The Morgan fingerprint density at radius 1 is 1.42 bits per heavy atom. The zero-order chi connectivity index (χ0) is 16.3. The highest BCUT2D eigenvalue weighted by molar-refractivity contribution is 5.98. The molecule has 0 amide bonds. The van der Waals surface area contributed by atoms with Gasteiger partial charge in [-0.25, -0.2) is 4.98 Å². The third-order valence-corrected chi connectivity index (χ3v) is 5.32. The van der Waals surface area contributed by atoms with Crippen LogP contribution >= 0.6 is 0 Å². The molecule has 0 fully saturated rings. The molecule has 0 radical (unpaired) electrons. The van der Waals surface area contributed by atoms with Crippen LogP contribution < -0.4 is 0 Å². The molecule has 1 aliphatic heterocycles. The summed E-state index contributed by atoms with van der Waals surface area (Å²) in [6, 6.07) is 6.85. The van der Waals surface area contributed by atoms with Crippen LogP contribution in [0.3, 0.4) is 0 Å². The molecular formula is C19H19N3O2. The predicted molar refractivity (Wildman–Crippen MR) is 91.6 cm³/mol. The minimum atomic E-state index is -0.0860. The van der Waals surface area contributed by atoms with Crippen molar-refractivity contribution in [3.63, 3.8) is 0 Å². The smallest absolute Gasteiger partial charge is 0.202 e. The minimum Gasteiger partial charge on any atom is -0.448 e. The molecule has 5 rings (SSSR count). The molecule has 2 aliphatic rings. The zero-order valence-corrected chi connectivity index (χ0v) is 13.5. The van der Waals surface area contributed by atoms with Gasteiger partial charge in [-0.15, -0.1) is 0 Å². The summed E-state index contributed by atoms with van der Waals surface area (Å²) in [5, 5.41) is 10.6. The molecule has 0 bridgehead atoms. The summed E-state index contributed by atoms with van der Waals surface area (Å²) in [4.78, 5) is 10.2. The molecular weight excluding hydrogens is 302 g/mol. The summed E-state index contributed by atoms with van der Waals surface area (Å²) in [7, 11) is 2.17. The fraction of sp³-hybridized carbons (Fsp3) is 0.316. The first-order chi connectivity index (χ1) is 11.7. The van der Waals surface area contributed by atoms with Crippen molar-refractivity contribution in [1.82, 2.24) is 14.9 Å². The Bertz CT molecular complexity index is 953. The van der Waals surface area contributed by atoms with Crippen molar-refractivity contribution in [3.05, 3.63) is 59.4 Å². The molecule has 0 saturated heterocycles. The standard InChI is InChI=1S/C19H19N3O2/c1-22-8-12(19-21-13(9-23)10-24-19)5-15-14-3-2-4-16-18(14)11(7-20-16)6-17(15)22/h2-5,7,10,12,17,20,23H,6,8-9H2,1H3. The highest BCUT2D eigenvalue weighted by Crippen LogP contribution is 2.42. The maximum Gasteiger partial charge on any atom is 0.202 e. The SMILES string of the molecule is CN1CC(c2nc(CO)co2)C=C2c3cccc4[nH]cc(c34)CC21. The van der Waals surface area contributed by atoms with Gasteiger partial charge in [-0.2, -0.15) is 0 Å². The summed E-state index contributed by atoms with van der Waals surface area (Å²) >= 11 is 0. The molecule has 122 valence electrons. The average molecular weight is 321 g/mol.